The van der Waals surface area contributed by atoms with Crippen molar-refractivity contribution in [1.82, 2.24) is 10.7 Å². The quantitative estimate of drug-likeness (QED) is 0.212. The summed E-state index contributed by atoms with van der Waals surface area (Å²) in [7, 11) is 0. The molecular formula is C26H22ClF3N4O4. The Morgan fingerprint density at radius 2 is 1.66 bits per heavy atom. The number of benzene rings is 3. The van der Waals surface area contributed by atoms with E-state index in [4.69, 9.17) is 16.3 Å². The largest absolute Gasteiger partial charge is 0.484 e. The van der Waals surface area contributed by atoms with Crippen LogP contribution >= 0.6 is 11.6 Å². The van der Waals surface area contributed by atoms with E-state index in [0.717, 1.165) is 17.7 Å². The molecule has 12 heteroatoms. The van der Waals surface area contributed by atoms with Gasteiger partial charge in [-0.2, -0.15) is 18.3 Å². The van der Waals surface area contributed by atoms with Crippen LogP contribution in [0.4, 0.5) is 18.9 Å². The van der Waals surface area contributed by atoms with Crippen molar-refractivity contribution in [3.8, 4) is 5.75 Å². The summed E-state index contributed by atoms with van der Waals surface area (Å²) in [4.78, 5) is 35.8. The van der Waals surface area contributed by atoms with E-state index in [1.54, 1.807) is 24.3 Å². The summed E-state index contributed by atoms with van der Waals surface area (Å²) >= 11 is 5.53. The molecule has 3 aromatic rings. The summed E-state index contributed by atoms with van der Waals surface area (Å²) < 4.78 is 44.2. The smallest absolute Gasteiger partial charge is 0.417 e. The number of nitrogens with one attached hydrogen (secondary N) is 3. The number of nitrogens with zero attached hydrogens (tertiary/aromatic N) is 1. The van der Waals surface area contributed by atoms with E-state index >= 15 is 0 Å². The Labute approximate surface area is 220 Å². The number of hydrazone groups is 1. The lowest BCUT2D eigenvalue weighted by Crippen LogP contribution is -2.32. The third-order valence-electron chi connectivity index (χ3n) is 4.94. The summed E-state index contributed by atoms with van der Waals surface area (Å²) in [5.74, 6) is -2.24. The Balaban J connectivity index is 1.41. The number of hydrogen-bond acceptors (Lipinski definition) is 5. The zero-order chi connectivity index (χ0) is 27.5. The highest BCUT2D eigenvalue weighted by molar-refractivity contribution is 6.39. The molecule has 0 heterocycles. The zero-order valence-electron chi connectivity index (χ0n) is 19.7. The minimum Gasteiger partial charge on any atom is -0.484 e. The third kappa shape index (κ3) is 8.93. The molecular weight excluding hydrogens is 525 g/mol. The van der Waals surface area contributed by atoms with E-state index in [1.807, 2.05) is 41.1 Å². The SMILES string of the molecule is O=C(COc1ccc(/C=N\NC(=O)C(=O)Nc2ccc(Cl)c(C(F)(F)F)c2)cc1)NCCc1ccccc1. The molecule has 3 amide bonds. The summed E-state index contributed by atoms with van der Waals surface area (Å²) in [5, 5.41) is 7.93. The standard InChI is InChI=1S/C26H22ClF3N4O4/c27-22-11-8-19(14-21(22)26(28,29)30)33-24(36)25(37)34-32-15-18-6-9-20(10-7-18)38-16-23(35)31-13-12-17-4-2-1-3-5-17/h1-11,14-15H,12-13,16H2,(H,31,35)(H,33,36)(H,34,37)/b32-15-. The van der Waals surface area contributed by atoms with Crippen LogP contribution in [-0.2, 0) is 27.0 Å². The van der Waals surface area contributed by atoms with E-state index in [0.29, 0.717) is 30.3 Å². The molecule has 3 N–H and O–H groups in total. The first kappa shape index (κ1) is 28.2. The number of ether oxygens (including phenoxy) is 1. The molecule has 0 unspecified atom stereocenters. The minimum absolute atomic E-state index is 0.161. The Kier molecular flexibility index (Phi) is 9.83. The van der Waals surface area contributed by atoms with Gasteiger partial charge in [-0.25, -0.2) is 5.43 Å². The molecule has 8 nitrogen and oxygen atoms in total. The number of anilines is 1. The van der Waals surface area contributed by atoms with Gasteiger partial charge < -0.3 is 15.4 Å². The first-order valence-corrected chi connectivity index (χ1v) is 11.5. The van der Waals surface area contributed by atoms with Crippen molar-refractivity contribution in [3.05, 3.63) is 94.5 Å². The van der Waals surface area contributed by atoms with E-state index in [2.05, 4.69) is 10.4 Å². The van der Waals surface area contributed by atoms with Crippen molar-refractivity contribution in [2.24, 2.45) is 5.10 Å². The van der Waals surface area contributed by atoms with Gasteiger partial charge in [0.2, 0.25) is 0 Å². The van der Waals surface area contributed by atoms with Gasteiger partial charge in [-0.3, -0.25) is 14.4 Å². The Morgan fingerprint density at radius 3 is 2.34 bits per heavy atom. The van der Waals surface area contributed by atoms with E-state index in [1.165, 1.54) is 6.21 Å². The second kappa shape index (κ2) is 13.2. The van der Waals surface area contributed by atoms with Crippen molar-refractivity contribution in [2.75, 3.05) is 18.5 Å². The highest BCUT2D eigenvalue weighted by atomic mass is 35.5. The van der Waals surface area contributed by atoms with Crippen molar-refractivity contribution in [3.63, 3.8) is 0 Å². The van der Waals surface area contributed by atoms with Gasteiger partial charge in [0.25, 0.3) is 5.91 Å². The fourth-order valence-corrected chi connectivity index (χ4v) is 3.29. The second-order valence-electron chi connectivity index (χ2n) is 7.79. The van der Waals surface area contributed by atoms with Crippen LogP contribution < -0.4 is 20.8 Å². The lowest BCUT2D eigenvalue weighted by Gasteiger charge is -2.11. The fourth-order valence-electron chi connectivity index (χ4n) is 3.07. The molecule has 0 atom stereocenters. The number of carbonyl (C=O) groups is 3. The van der Waals surface area contributed by atoms with E-state index < -0.39 is 28.6 Å². The number of amides is 3. The fraction of sp³-hybridized carbons (Fsp3) is 0.154. The molecule has 0 aliphatic heterocycles. The number of halogens is 4. The van der Waals surface area contributed by atoms with Gasteiger partial charge in [-0.15, -0.1) is 0 Å². The molecule has 38 heavy (non-hydrogen) atoms. The van der Waals surface area contributed by atoms with Gasteiger partial charge in [0.1, 0.15) is 5.75 Å². The van der Waals surface area contributed by atoms with Crippen LogP contribution in [0.25, 0.3) is 0 Å². The summed E-state index contributed by atoms with van der Waals surface area (Å²) in [6, 6.07) is 18.8. The predicted octanol–water partition coefficient (Wildman–Crippen LogP) is 4.19. The normalized spacial score (nSPS) is 11.2. The van der Waals surface area contributed by atoms with Crippen LogP contribution in [0.5, 0.6) is 5.75 Å². The highest BCUT2D eigenvalue weighted by Gasteiger charge is 2.33. The van der Waals surface area contributed by atoms with E-state index in [9.17, 15) is 27.6 Å². The number of alkyl halides is 3. The number of carbonyl (C=O) groups excluding carboxylic acids is 3. The maximum atomic E-state index is 12.9. The summed E-state index contributed by atoms with van der Waals surface area (Å²) in [6.07, 6.45) is -2.77. The number of hydrogen-bond donors (Lipinski definition) is 3. The van der Waals surface area contributed by atoms with Crippen molar-refractivity contribution in [1.29, 1.82) is 0 Å². The topological polar surface area (TPSA) is 109 Å². The van der Waals surface area contributed by atoms with Crippen molar-refractivity contribution >= 4 is 41.2 Å². The minimum atomic E-state index is -4.72. The van der Waals surface area contributed by atoms with Gasteiger partial charge >= 0.3 is 18.0 Å². The second-order valence-corrected chi connectivity index (χ2v) is 8.20. The van der Waals surface area contributed by atoms with Gasteiger partial charge in [-0.1, -0.05) is 41.9 Å². The summed E-state index contributed by atoms with van der Waals surface area (Å²) in [5.41, 5.74) is 2.23. The van der Waals surface area contributed by atoms with Crippen LogP contribution in [0.1, 0.15) is 16.7 Å². The molecule has 0 fully saturated rings. The Bertz CT molecular complexity index is 1300. The molecule has 0 aliphatic carbocycles. The summed E-state index contributed by atoms with van der Waals surface area (Å²) in [6.45, 7) is 0.325. The van der Waals surface area contributed by atoms with Gasteiger partial charge in [0.15, 0.2) is 6.61 Å². The first-order chi connectivity index (χ1) is 18.1. The predicted molar refractivity (Wildman–Crippen MR) is 136 cm³/mol. The van der Waals surface area contributed by atoms with Crippen molar-refractivity contribution in [2.45, 2.75) is 12.6 Å². The lowest BCUT2D eigenvalue weighted by atomic mass is 10.1. The lowest BCUT2D eigenvalue weighted by molar-refractivity contribution is -0.137. The van der Waals surface area contributed by atoms with Crippen LogP contribution in [-0.4, -0.2) is 37.1 Å². The van der Waals surface area contributed by atoms with Crippen molar-refractivity contribution < 1.29 is 32.3 Å². The van der Waals surface area contributed by atoms with E-state index in [-0.39, 0.29) is 18.2 Å². The third-order valence-corrected chi connectivity index (χ3v) is 5.27. The molecule has 0 aromatic heterocycles. The average Bonchev–Trinajstić information content (AvgIpc) is 2.89. The average molecular weight is 547 g/mol. The maximum Gasteiger partial charge on any atom is 0.417 e. The molecule has 0 saturated carbocycles. The van der Waals surface area contributed by atoms with Crippen LogP contribution in [0.2, 0.25) is 5.02 Å². The molecule has 0 saturated heterocycles. The monoisotopic (exact) mass is 546 g/mol. The highest BCUT2D eigenvalue weighted by Crippen LogP contribution is 2.36. The van der Waals surface area contributed by atoms with Crippen LogP contribution in [0.15, 0.2) is 77.9 Å². The molecule has 3 aromatic carbocycles. The molecule has 0 spiro atoms. The van der Waals surface area contributed by atoms with Crippen LogP contribution in [0.3, 0.4) is 0 Å². The van der Waals surface area contributed by atoms with Gasteiger partial charge in [0.05, 0.1) is 16.8 Å². The van der Waals surface area contributed by atoms with Crippen LogP contribution in [0, 0.1) is 0 Å². The zero-order valence-corrected chi connectivity index (χ0v) is 20.5. The number of rotatable bonds is 9. The van der Waals surface area contributed by atoms with Gasteiger partial charge in [-0.05, 0) is 60.0 Å². The maximum absolute atomic E-state index is 12.9. The first-order valence-electron chi connectivity index (χ1n) is 11.2. The molecule has 0 aliphatic rings. The Morgan fingerprint density at radius 1 is 0.947 bits per heavy atom. The Hall–Kier alpha value is -4.38. The molecule has 198 valence electrons. The van der Waals surface area contributed by atoms with Gasteiger partial charge in [0, 0.05) is 12.2 Å². The molecule has 3 rings (SSSR count). The molecule has 0 bridgehead atoms. The molecule has 0 radical (unpaired) electrons.